The summed E-state index contributed by atoms with van der Waals surface area (Å²) in [5.41, 5.74) is 1.61. The van der Waals surface area contributed by atoms with Gasteiger partial charge in [0, 0.05) is 26.3 Å². The van der Waals surface area contributed by atoms with Crippen molar-refractivity contribution < 1.29 is 4.79 Å². The van der Waals surface area contributed by atoms with Gasteiger partial charge in [-0.05, 0) is 35.4 Å². The maximum atomic E-state index is 12.3. The molecule has 0 bridgehead atoms. The second-order valence-corrected chi connectivity index (χ2v) is 5.56. The molecule has 0 saturated carbocycles. The van der Waals surface area contributed by atoms with E-state index in [1.807, 2.05) is 23.8 Å². The Bertz CT molecular complexity index is 586. The average molecular weight is 310 g/mol. The number of aromatic nitrogens is 1. The molecule has 0 saturated heterocycles. The minimum absolute atomic E-state index is 0.0892. The van der Waals surface area contributed by atoms with Crippen LogP contribution in [0.2, 0.25) is 5.02 Å². The van der Waals surface area contributed by atoms with Gasteiger partial charge in [-0.25, -0.2) is 4.98 Å². The van der Waals surface area contributed by atoms with Crippen molar-refractivity contribution in [2.45, 2.75) is 13.5 Å². The van der Waals surface area contributed by atoms with E-state index >= 15 is 0 Å². The van der Waals surface area contributed by atoms with E-state index in [1.165, 1.54) is 0 Å². The monoisotopic (exact) mass is 309 g/mol. The van der Waals surface area contributed by atoms with Crippen molar-refractivity contribution in [2.24, 2.45) is 0 Å². The number of rotatable bonds is 5. The molecule has 2 aromatic rings. The van der Waals surface area contributed by atoms with Crippen molar-refractivity contribution in [3.8, 4) is 0 Å². The Morgan fingerprint density at radius 3 is 2.95 bits per heavy atom. The highest BCUT2D eigenvalue weighted by Gasteiger charge is 2.14. The largest absolute Gasteiger partial charge is 0.369 e. The van der Waals surface area contributed by atoms with Gasteiger partial charge < -0.3 is 10.2 Å². The fraction of sp³-hybridized carbons (Fsp3) is 0.286. The van der Waals surface area contributed by atoms with Gasteiger partial charge in [0.05, 0.1) is 10.6 Å². The number of anilines is 1. The number of halogens is 1. The number of hydrogen-bond acceptors (Lipinski definition) is 4. The summed E-state index contributed by atoms with van der Waals surface area (Å²) in [6.45, 7) is 3.28. The molecule has 20 heavy (non-hydrogen) atoms. The lowest BCUT2D eigenvalue weighted by molar-refractivity contribution is 0.0785. The van der Waals surface area contributed by atoms with E-state index in [1.54, 1.807) is 35.5 Å². The summed E-state index contributed by atoms with van der Waals surface area (Å²) in [6.07, 6.45) is 1.55. The lowest BCUT2D eigenvalue weighted by Gasteiger charge is -2.17. The smallest absolute Gasteiger partial charge is 0.255 e. The van der Waals surface area contributed by atoms with E-state index < -0.39 is 0 Å². The normalized spacial score (nSPS) is 10.3. The SMILES string of the molecule is CCNc1ncc(C(=O)N(C)Cc2ccsc2)cc1Cl. The molecule has 0 aliphatic heterocycles. The number of nitrogens with one attached hydrogen (secondary N) is 1. The Kier molecular flexibility index (Phi) is 4.98. The average Bonchev–Trinajstić information content (AvgIpc) is 2.93. The first kappa shape index (κ1) is 14.8. The minimum atomic E-state index is -0.0892. The molecule has 0 radical (unpaired) electrons. The zero-order valence-corrected chi connectivity index (χ0v) is 13.0. The summed E-state index contributed by atoms with van der Waals surface area (Å²) in [7, 11) is 1.77. The molecule has 0 aliphatic rings. The fourth-order valence-electron chi connectivity index (χ4n) is 1.80. The molecular weight excluding hydrogens is 294 g/mol. The number of carbonyl (C=O) groups is 1. The molecule has 0 aliphatic carbocycles. The third-order valence-electron chi connectivity index (χ3n) is 2.78. The summed E-state index contributed by atoms with van der Waals surface area (Å²) < 4.78 is 0. The Labute approximate surface area is 127 Å². The summed E-state index contributed by atoms with van der Waals surface area (Å²) in [4.78, 5) is 18.1. The summed E-state index contributed by atoms with van der Waals surface area (Å²) in [5.74, 6) is 0.514. The number of amides is 1. The predicted octanol–water partition coefficient (Wildman–Crippen LogP) is 3.50. The van der Waals surface area contributed by atoms with Gasteiger partial charge in [0.25, 0.3) is 5.91 Å². The lowest BCUT2D eigenvalue weighted by Crippen LogP contribution is -2.26. The highest BCUT2D eigenvalue weighted by molar-refractivity contribution is 7.07. The molecule has 1 amide bonds. The molecule has 106 valence electrons. The Hall–Kier alpha value is -1.59. The molecule has 2 rings (SSSR count). The van der Waals surface area contributed by atoms with E-state index in [4.69, 9.17) is 11.6 Å². The summed E-state index contributed by atoms with van der Waals surface area (Å²) >= 11 is 7.72. The summed E-state index contributed by atoms with van der Waals surface area (Å²) in [6, 6.07) is 3.66. The zero-order valence-electron chi connectivity index (χ0n) is 11.4. The number of nitrogens with zero attached hydrogens (tertiary/aromatic N) is 2. The van der Waals surface area contributed by atoms with Crippen LogP contribution in [-0.4, -0.2) is 29.4 Å². The highest BCUT2D eigenvalue weighted by atomic mass is 35.5. The van der Waals surface area contributed by atoms with E-state index in [0.29, 0.717) is 22.9 Å². The van der Waals surface area contributed by atoms with E-state index in [0.717, 1.165) is 12.1 Å². The molecule has 0 fully saturated rings. The van der Waals surface area contributed by atoms with Crippen LogP contribution in [-0.2, 0) is 6.54 Å². The molecule has 6 heteroatoms. The van der Waals surface area contributed by atoms with Crippen LogP contribution in [0.5, 0.6) is 0 Å². The maximum Gasteiger partial charge on any atom is 0.255 e. The predicted molar refractivity (Wildman–Crippen MR) is 83.5 cm³/mol. The van der Waals surface area contributed by atoms with Crippen LogP contribution in [0, 0.1) is 0 Å². The van der Waals surface area contributed by atoms with Gasteiger partial charge in [-0.3, -0.25) is 4.79 Å². The van der Waals surface area contributed by atoms with Crippen molar-refractivity contribution in [1.82, 2.24) is 9.88 Å². The van der Waals surface area contributed by atoms with Crippen LogP contribution in [0.15, 0.2) is 29.1 Å². The third kappa shape index (κ3) is 3.49. The second-order valence-electron chi connectivity index (χ2n) is 4.38. The minimum Gasteiger partial charge on any atom is -0.369 e. The Morgan fingerprint density at radius 2 is 2.35 bits per heavy atom. The first-order chi connectivity index (χ1) is 9.61. The van der Waals surface area contributed by atoms with E-state index in [-0.39, 0.29) is 5.91 Å². The standard InChI is InChI=1S/C14H16ClN3OS/c1-3-16-13-12(15)6-11(7-17-13)14(19)18(2)8-10-4-5-20-9-10/h4-7,9H,3,8H2,1-2H3,(H,16,17). The van der Waals surface area contributed by atoms with Crippen LogP contribution >= 0.6 is 22.9 Å². The third-order valence-corrected chi connectivity index (χ3v) is 3.80. The topological polar surface area (TPSA) is 45.2 Å². The first-order valence-corrected chi connectivity index (χ1v) is 7.60. The van der Waals surface area contributed by atoms with Gasteiger partial charge in [-0.1, -0.05) is 11.6 Å². The van der Waals surface area contributed by atoms with Crippen molar-refractivity contribution >= 4 is 34.7 Å². The quantitative estimate of drug-likeness (QED) is 0.919. The first-order valence-electron chi connectivity index (χ1n) is 6.27. The van der Waals surface area contributed by atoms with Gasteiger partial charge in [0.1, 0.15) is 5.82 Å². The fourth-order valence-corrected chi connectivity index (χ4v) is 2.69. The lowest BCUT2D eigenvalue weighted by atomic mass is 10.2. The number of thiophene rings is 1. The van der Waals surface area contributed by atoms with E-state index in [9.17, 15) is 4.79 Å². The number of pyridine rings is 1. The molecule has 0 spiro atoms. The van der Waals surface area contributed by atoms with Crippen molar-refractivity contribution in [1.29, 1.82) is 0 Å². The molecule has 0 atom stereocenters. The van der Waals surface area contributed by atoms with Gasteiger partial charge in [-0.2, -0.15) is 11.3 Å². The van der Waals surface area contributed by atoms with Gasteiger partial charge in [0.2, 0.25) is 0 Å². The Morgan fingerprint density at radius 1 is 1.55 bits per heavy atom. The van der Waals surface area contributed by atoms with Gasteiger partial charge >= 0.3 is 0 Å². The number of hydrogen-bond donors (Lipinski definition) is 1. The molecule has 1 N–H and O–H groups in total. The summed E-state index contributed by atoms with van der Waals surface area (Å²) in [5, 5.41) is 7.53. The molecule has 0 aromatic carbocycles. The maximum absolute atomic E-state index is 12.3. The second kappa shape index (κ2) is 6.72. The molecule has 2 heterocycles. The van der Waals surface area contributed by atoms with Gasteiger partial charge in [0.15, 0.2) is 0 Å². The van der Waals surface area contributed by atoms with Crippen LogP contribution in [0.4, 0.5) is 5.82 Å². The highest BCUT2D eigenvalue weighted by Crippen LogP contribution is 2.21. The van der Waals surface area contributed by atoms with E-state index in [2.05, 4.69) is 10.3 Å². The van der Waals surface area contributed by atoms with Crippen molar-refractivity contribution in [2.75, 3.05) is 18.9 Å². The zero-order chi connectivity index (χ0) is 14.5. The molecular formula is C14H16ClN3OS. The van der Waals surface area contributed by atoms with Crippen molar-refractivity contribution in [3.05, 3.63) is 45.2 Å². The van der Waals surface area contributed by atoms with Crippen molar-refractivity contribution in [3.63, 3.8) is 0 Å². The Balaban J connectivity index is 2.10. The van der Waals surface area contributed by atoms with Gasteiger partial charge in [-0.15, -0.1) is 0 Å². The molecule has 2 aromatic heterocycles. The van der Waals surface area contributed by atoms with Crippen LogP contribution < -0.4 is 5.32 Å². The van der Waals surface area contributed by atoms with Crippen LogP contribution in [0.3, 0.4) is 0 Å². The molecule has 0 unspecified atom stereocenters. The number of carbonyl (C=O) groups excluding carboxylic acids is 1. The van der Waals surface area contributed by atoms with Crippen LogP contribution in [0.1, 0.15) is 22.8 Å². The molecule has 4 nitrogen and oxygen atoms in total. The van der Waals surface area contributed by atoms with Crippen LogP contribution in [0.25, 0.3) is 0 Å².